The maximum atomic E-state index is 13.8. The fraction of sp³-hybridized carbons (Fsp3) is 0.455. The van der Waals surface area contributed by atoms with Crippen molar-refractivity contribution in [3.63, 3.8) is 0 Å². The zero-order valence-electron chi connectivity index (χ0n) is 17.6. The third-order valence-electron chi connectivity index (χ3n) is 5.24. The van der Waals surface area contributed by atoms with Crippen LogP contribution in [-0.2, 0) is 24.2 Å². The van der Waals surface area contributed by atoms with E-state index in [4.69, 9.17) is 4.74 Å². The van der Waals surface area contributed by atoms with Crippen LogP contribution in [0.2, 0.25) is 0 Å². The summed E-state index contributed by atoms with van der Waals surface area (Å²) in [7, 11) is 1.23. The Balaban J connectivity index is 2.51. The fourth-order valence-corrected chi connectivity index (χ4v) is 3.66. The van der Waals surface area contributed by atoms with Crippen LogP contribution in [-0.4, -0.2) is 13.3 Å². The lowest BCUT2D eigenvalue weighted by Crippen LogP contribution is -2.33. The van der Waals surface area contributed by atoms with E-state index in [1.807, 2.05) is 0 Å². The van der Waals surface area contributed by atoms with Gasteiger partial charge in [-0.05, 0) is 60.2 Å². The number of benzene rings is 2. The van der Waals surface area contributed by atoms with E-state index in [0.717, 1.165) is 12.1 Å². The zero-order chi connectivity index (χ0) is 25.4. The first-order valence-corrected chi connectivity index (χ1v) is 9.53. The van der Waals surface area contributed by atoms with E-state index in [1.54, 1.807) is 0 Å². The molecule has 184 valence electrons. The summed E-state index contributed by atoms with van der Waals surface area (Å²) in [6.07, 6.45) is -17.2. The normalized spacial score (nSPS) is 14.3. The molecule has 0 N–H and O–H groups in total. The summed E-state index contributed by atoms with van der Waals surface area (Å²) in [5.74, 6) is -2.96. The van der Waals surface area contributed by atoms with E-state index in [1.165, 1.54) is 27.0 Å². The van der Waals surface area contributed by atoms with Crippen molar-refractivity contribution in [3.8, 4) is 5.75 Å². The monoisotopic (exact) mass is 490 g/mol. The van der Waals surface area contributed by atoms with Crippen molar-refractivity contribution < 1.29 is 48.6 Å². The summed E-state index contributed by atoms with van der Waals surface area (Å²) in [5, 5.41) is 0. The first kappa shape index (κ1) is 26.8. The van der Waals surface area contributed by atoms with Crippen LogP contribution in [0.5, 0.6) is 5.75 Å². The van der Waals surface area contributed by atoms with E-state index >= 15 is 0 Å². The maximum absolute atomic E-state index is 13.8. The lowest BCUT2D eigenvalue weighted by atomic mass is 9.74. The molecule has 0 heterocycles. The molecule has 0 bridgehead atoms. The Morgan fingerprint density at radius 1 is 0.788 bits per heavy atom. The minimum absolute atomic E-state index is 0.0827. The number of methoxy groups -OCH3 is 1. The molecule has 2 aromatic rings. The Bertz CT molecular complexity index is 938. The third-order valence-corrected chi connectivity index (χ3v) is 5.24. The lowest BCUT2D eigenvalue weighted by molar-refractivity contribution is -0.179. The Morgan fingerprint density at radius 3 is 1.73 bits per heavy atom. The largest absolute Gasteiger partial charge is 0.496 e. The van der Waals surface area contributed by atoms with Crippen LogP contribution in [0.15, 0.2) is 36.4 Å². The first-order chi connectivity index (χ1) is 14.8. The second kappa shape index (κ2) is 9.06. The molecule has 0 aliphatic rings. The van der Waals surface area contributed by atoms with Crippen LogP contribution >= 0.6 is 0 Å². The van der Waals surface area contributed by atoms with E-state index in [2.05, 4.69) is 0 Å². The summed E-state index contributed by atoms with van der Waals surface area (Å²) in [5.41, 5.74) is -5.46. The van der Waals surface area contributed by atoms with Crippen LogP contribution in [0.25, 0.3) is 0 Å². The standard InChI is InChI=1S/C22H20F10O/c1-19(2,17-10-16(23)4-5-18(17)33-3)11-15(22(30,31)32)8-12-6-13(20(24,25)26)9-14(7-12)21(27,28)29/h4-7,9-10,15H,8,11H2,1-3H3. The average Bonchev–Trinajstić information content (AvgIpc) is 2.65. The topological polar surface area (TPSA) is 9.23 Å². The predicted octanol–water partition coefficient (Wildman–Crippen LogP) is 7.96. The highest BCUT2D eigenvalue weighted by Gasteiger charge is 2.44. The molecule has 0 aliphatic heterocycles. The number of hydrogen-bond donors (Lipinski definition) is 0. The Labute approximate surface area is 183 Å². The number of ether oxygens (including phenoxy) is 1. The van der Waals surface area contributed by atoms with Gasteiger partial charge in [0.05, 0.1) is 24.2 Å². The van der Waals surface area contributed by atoms with E-state index < -0.39 is 65.2 Å². The van der Waals surface area contributed by atoms with Gasteiger partial charge >= 0.3 is 18.5 Å². The van der Waals surface area contributed by atoms with Gasteiger partial charge in [0.15, 0.2) is 0 Å². The zero-order valence-corrected chi connectivity index (χ0v) is 17.6. The van der Waals surface area contributed by atoms with Gasteiger partial charge in [-0.3, -0.25) is 0 Å². The summed E-state index contributed by atoms with van der Waals surface area (Å²) < 4.78 is 139. The molecule has 0 fully saturated rings. The van der Waals surface area contributed by atoms with Crippen molar-refractivity contribution in [1.82, 2.24) is 0 Å². The van der Waals surface area contributed by atoms with Gasteiger partial charge in [0.25, 0.3) is 0 Å². The molecule has 11 heteroatoms. The summed E-state index contributed by atoms with van der Waals surface area (Å²) in [6, 6.07) is 3.66. The number of halogens is 10. The number of rotatable bonds is 6. The molecular formula is C22H20F10O. The molecule has 1 nitrogen and oxygen atoms in total. The lowest BCUT2D eigenvalue weighted by Gasteiger charge is -2.33. The molecule has 1 unspecified atom stereocenters. The van der Waals surface area contributed by atoms with Crippen LogP contribution in [0.4, 0.5) is 43.9 Å². The second-order valence-electron chi connectivity index (χ2n) is 8.29. The molecule has 0 spiro atoms. The maximum Gasteiger partial charge on any atom is 0.416 e. The summed E-state index contributed by atoms with van der Waals surface area (Å²) in [4.78, 5) is 0. The molecule has 33 heavy (non-hydrogen) atoms. The Kier molecular flexibility index (Phi) is 7.35. The van der Waals surface area contributed by atoms with Crippen molar-refractivity contribution in [2.24, 2.45) is 5.92 Å². The molecular weight excluding hydrogens is 470 g/mol. The first-order valence-electron chi connectivity index (χ1n) is 9.53. The highest BCUT2D eigenvalue weighted by atomic mass is 19.4. The summed E-state index contributed by atoms with van der Waals surface area (Å²) >= 11 is 0. The average molecular weight is 490 g/mol. The molecule has 0 amide bonds. The highest BCUT2D eigenvalue weighted by molar-refractivity contribution is 5.40. The minimum atomic E-state index is -5.18. The van der Waals surface area contributed by atoms with Gasteiger partial charge in [-0.1, -0.05) is 13.8 Å². The predicted molar refractivity (Wildman–Crippen MR) is 100 cm³/mol. The number of alkyl halides is 9. The van der Waals surface area contributed by atoms with Crippen LogP contribution < -0.4 is 4.74 Å². The van der Waals surface area contributed by atoms with Gasteiger partial charge in [0.2, 0.25) is 0 Å². The van der Waals surface area contributed by atoms with Crippen molar-refractivity contribution in [2.75, 3.05) is 7.11 Å². The number of hydrogen-bond acceptors (Lipinski definition) is 1. The summed E-state index contributed by atoms with van der Waals surface area (Å²) in [6.45, 7) is 2.71. The molecule has 0 aliphatic carbocycles. The van der Waals surface area contributed by atoms with Gasteiger partial charge < -0.3 is 4.74 Å². The van der Waals surface area contributed by atoms with E-state index in [9.17, 15) is 43.9 Å². The van der Waals surface area contributed by atoms with E-state index in [0.29, 0.717) is 0 Å². The smallest absolute Gasteiger partial charge is 0.416 e. The van der Waals surface area contributed by atoms with Gasteiger partial charge in [-0.15, -0.1) is 0 Å². The molecule has 0 aromatic heterocycles. The second-order valence-corrected chi connectivity index (χ2v) is 8.29. The molecule has 0 saturated carbocycles. The van der Waals surface area contributed by atoms with Gasteiger partial charge in [0, 0.05) is 5.56 Å². The Morgan fingerprint density at radius 2 is 1.30 bits per heavy atom. The molecule has 1 atom stereocenters. The SMILES string of the molecule is COc1ccc(F)cc1C(C)(C)CC(Cc1cc(C(F)(F)F)cc(C(F)(F)F)c1)C(F)(F)F. The van der Waals surface area contributed by atoms with Gasteiger partial charge in [-0.2, -0.15) is 39.5 Å². The van der Waals surface area contributed by atoms with E-state index in [-0.39, 0.29) is 29.5 Å². The van der Waals surface area contributed by atoms with Crippen LogP contribution in [0.1, 0.15) is 42.5 Å². The van der Waals surface area contributed by atoms with Gasteiger partial charge in [-0.25, -0.2) is 4.39 Å². The van der Waals surface area contributed by atoms with Crippen molar-refractivity contribution in [2.45, 2.75) is 50.6 Å². The molecule has 2 rings (SSSR count). The van der Waals surface area contributed by atoms with Crippen molar-refractivity contribution in [1.29, 1.82) is 0 Å². The Hall–Kier alpha value is -2.46. The third kappa shape index (κ3) is 6.77. The van der Waals surface area contributed by atoms with Crippen molar-refractivity contribution >= 4 is 0 Å². The molecule has 0 radical (unpaired) electrons. The van der Waals surface area contributed by atoms with Crippen LogP contribution in [0.3, 0.4) is 0 Å². The van der Waals surface area contributed by atoms with Crippen molar-refractivity contribution in [3.05, 3.63) is 64.5 Å². The fourth-order valence-electron chi connectivity index (χ4n) is 3.66. The van der Waals surface area contributed by atoms with Gasteiger partial charge in [0.1, 0.15) is 11.6 Å². The minimum Gasteiger partial charge on any atom is -0.496 e. The highest BCUT2D eigenvalue weighted by Crippen LogP contribution is 2.44. The van der Waals surface area contributed by atoms with Crippen LogP contribution in [0, 0.1) is 11.7 Å². The molecule has 2 aromatic carbocycles. The quantitative estimate of drug-likeness (QED) is 0.374. The molecule has 0 saturated heterocycles.